The van der Waals surface area contributed by atoms with Gasteiger partial charge in [-0.1, -0.05) is 0 Å². The van der Waals surface area contributed by atoms with Crippen molar-refractivity contribution in [3.8, 4) is 28.8 Å². The Labute approximate surface area is 142 Å². The first-order valence-electron chi connectivity index (χ1n) is 6.93. The third-order valence-electron chi connectivity index (χ3n) is 3.42. The van der Waals surface area contributed by atoms with Crippen molar-refractivity contribution < 1.29 is 22.7 Å². The Morgan fingerprint density at radius 3 is 2.44 bits per heavy atom. The minimum absolute atomic E-state index is 0.0662. The second kappa shape index (κ2) is 6.15. The molecule has 0 fully saturated rings. The molecule has 0 spiro atoms. The molecule has 2 aromatic carbocycles. The topological polar surface area (TPSA) is 120 Å². The van der Waals surface area contributed by atoms with Crippen molar-refractivity contribution in [3.05, 3.63) is 48.3 Å². The maximum atomic E-state index is 13.9. The van der Waals surface area contributed by atoms with Crippen molar-refractivity contribution in [2.24, 2.45) is 5.14 Å². The summed E-state index contributed by atoms with van der Waals surface area (Å²) in [4.78, 5) is 3.81. The molecule has 3 rings (SSSR count). The van der Waals surface area contributed by atoms with E-state index in [-0.39, 0.29) is 16.5 Å². The summed E-state index contributed by atoms with van der Waals surface area (Å²) >= 11 is 0. The number of primary sulfonamides is 1. The van der Waals surface area contributed by atoms with Crippen LogP contribution in [0.4, 0.5) is 4.39 Å². The van der Waals surface area contributed by atoms with Gasteiger partial charge in [0.2, 0.25) is 10.0 Å². The Morgan fingerprint density at radius 2 is 1.88 bits per heavy atom. The van der Waals surface area contributed by atoms with E-state index in [0.29, 0.717) is 11.3 Å². The van der Waals surface area contributed by atoms with Crippen molar-refractivity contribution in [1.82, 2.24) is 14.8 Å². The number of methoxy groups -OCH3 is 1. The van der Waals surface area contributed by atoms with Gasteiger partial charge in [0.15, 0.2) is 17.4 Å². The van der Waals surface area contributed by atoms with Gasteiger partial charge in [0.05, 0.1) is 17.7 Å². The van der Waals surface area contributed by atoms with Crippen LogP contribution in [0.15, 0.2) is 47.4 Å². The van der Waals surface area contributed by atoms with E-state index in [9.17, 15) is 17.9 Å². The highest BCUT2D eigenvalue weighted by atomic mass is 32.2. The zero-order valence-electron chi connectivity index (χ0n) is 12.9. The molecule has 3 aromatic rings. The van der Waals surface area contributed by atoms with Crippen LogP contribution in [0.3, 0.4) is 0 Å². The molecule has 0 radical (unpaired) electrons. The molecule has 10 heteroatoms. The quantitative estimate of drug-likeness (QED) is 0.723. The standard InChI is InChI=1S/C15H13FN4O4S/c1-24-13-7-2-9(8-12(13)16)14-18-15(21)19-20(14)10-3-5-11(6-4-10)25(17,22)23/h2-8H,1H3,(H,19,21)(H2,17,22,23). The maximum Gasteiger partial charge on any atom is 0.333 e. The first-order chi connectivity index (χ1) is 11.8. The molecular formula is C15H13FN4O4S. The number of halogens is 1. The molecule has 25 heavy (non-hydrogen) atoms. The van der Waals surface area contributed by atoms with Crippen molar-refractivity contribution in [1.29, 1.82) is 0 Å². The molecule has 0 atom stereocenters. The molecule has 0 saturated carbocycles. The van der Waals surface area contributed by atoms with Gasteiger partial charge in [0, 0.05) is 5.56 Å². The maximum absolute atomic E-state index is 13.9. The number of rotatable bonds is 4. The largest absolute Gasteiger partial charge is 0.494 e. The molecule has 0 saturated heterocycles. The Morgan fingerprint density at radius 1 is 1.20 bits per heavy atom. The minimum atomic E-state index is -3.83. The molecule has 0 bridgehead atoms. The molecule has 0 aliphatic rings. The molecule has 0 unspecified atom stereocenters. The second-order valence-corrected chi connectivity index (χ2v) is 6.60. The number of nitrogens with zero attached hydrogens (tertiary/aromatic N) is 3. The van der Waals surface area contributed by atoms with E-state index in [1.807, 2.05) is 0 Å². The summed E-state index contributed by atoms with van der Waals surface area (Å²) in [5, 5.41) is 18.5. The first kappa shape index (κ1) is 16.9. The number of hydrogen-bond donors (Lipinski definition) is 2. The molecule has 0 aliphatic carbocycles. The smallest absolute Gasteiger partial charge is 0.333 e. The van der Waals surface area contributed by atoms with Crippen molar-refractivity contribution in [2.75, 3.05) is 7.11 Å². The summed E-state index contributed by atoms with van der Waals surface area (Å²) in [6, 6.07) is 9.13. The highest BCUT2D eigenvalue weighted by molar-refractivity contribution is 7.89. The number of hydrogen-bond acceptors (Lipinski definition) is 6. The monoisotopic (exact) mass is 364 g/mol. The Bertz CT molecular complexity index is 1030. The highest BCUT2D eigenvalue weighted by Crippen LogP contribution is 2.27. The number of sulfonamides is 1. The van der Waals surface area contributed by atoms with E-state index in [1.54, 1.807) is 6.07 Å². The fourth-order valence-electron chi connectivity index (χ4n) is 2.25. The number of aromatic nitrogens is 3. The minimum Gasteiger partial charge on any atom is -0.494 e. The third kappa shape index (κ3) is 3.30. The average Bonchev–Trinajstić information content (AvgIpc) is 2.96. The van der Waals surface area contributed by atoms with Gasteiger partial charge in [-0.2, -0.15) is 4.98 Å². The van der Waals surface area contributed by atoms with Crippen LogP contribution in [0.5, 0.6) is 11.8 Å². The zero-order valence-corrected chi connectivity index (χ0v) is 13.7. The molecule has 1 aromatic heterocycles. The Balaban J connectivity index is 2.09. The highest BCUT2D eigenvalue weighted by Gasteiger charge is 2.16. The van der Waals surface area contributed by atoms with E-state index in [1.165, 1.54) is 48.2 Å². The fraction of sp³-hybridized carbons (Fsp3) is 0.0667. The molecule has 3 N–H and O–H groups in total. The van der Waals surface area contributed by atoms with Crippen LogP contribution in [-0.2, 0) is 10.0 Å². The predicted octanol–water partition coefficient (Wildman–Crippen LogP) is 1.44. The number of ether oxygens (including phenoxy) is 1. The van der Waals surface area contributed by atoms with E-state index in [4.69, 9.17) is 9.88 Å². The fourth-order valence-corrected chi connectivity index (χ4v) is 2.77. The number of aromatic hydroxyl groups is 1. The van der Waals surface area contributed by atoms with Crippen LogP contribution in [0.25, 0.3) is 17.1 Å². The summed E-state index contributed by atoms with van der Waals surface area (Å²) in [5.41, 5.74) is 0.757. The molecule has 1 heterocycles. The van der Waals surface area contributed by atoms with E-state index in [2.05, 4.69) is 10.1 Å². The molecule has 130 valence electrons. The van der Waals surface area contributed by atoms with Crippen LogP contribution in [0, 0.1) is 5.82 Å². The number of nitrogens with two attached hydrogens (primary N) is 1. The predicted molar refractivity (Wildman–Crippen MR) is 86.3 cm³/mol. The number of benzene rings is 2. The van der Waals surface area contributed by atoms with Crippen LogP contribution in [0.1, 0.15) is 0 Å². The van der Waals surface area contributed by atoms with Crippen LogP contribution >= 0.6 is 0 Å². The van der Waals surface area contributed by atoms with Gasteiger partial charge < -0.3 is 9.84 Å². The van der Waals surface area contributed by atoms with Crippen molar-refractivity contribution in [2.45, 2.75) is 4.90 Å². The summed E-state index contributed by atoms with van der Waals surface area (Å²) in [6.45, 7) is 0. The van der Waals surface area contributed by atoms with Gasteiger partial charge in [-0.15, -0.1) is 5.10 Å². The Hall–Kier alpha value is -2.98. The molecule has 8 nitrogen and oxygen atoms in total. The third-order valence-corrected chi connectivity index (χ3v) is 4.35. The van der Waals surface area contributed by atoms with Crippen LogP contribution in [0.2, 0.25) is 0 Å². The molecular weight excluding hydrogens is 351 g/mol. The lowest BCUT2D eigenvalue weighted by Gasteiger charge is -2.08. The lowest BCUT2D eigenvalue weighted by molar-refractivity contribution is 0.386. The summed E-state index contributed by atoms with van der Waals surface area (Å²) in [6.07, 6.45) is 0. The summed E-state index contributed by atoms with van der Waals surface area (Å²) < 4.78 is 42.7. The van der Waals surface area contributed by atoms with Crippen LogP contribution < -0.4 is 9.88 Å². The second-order valence-electron chi connectivity index (χ2n) is 5.04. The van der Waals surface area contributed by atoms with Crippen molar-refractivity contribution in [3.63, 3.8) is 0 Å². The van der Waals surface area contributed by atoms with Gasteiger partial charge in [-0.25, -0.2) is 22.6 Å². The van der Waals surface area contributed by atoms with Gasteiger partial charge >= 0.3 is 6.01 Å². The first-order valence-corrected chi connectivity index (χ1v) is 8.47. The van der Waals surface area contributed by atoms with Crippen LogP contribution in [-0.4, -0.2) is 35.4 Å². The summed E-state index contributed by atoms with van der Waals surface area (Å²) in [5.74, 6) is -0.363. The summed E-state index contributed by atoms with van der Waals surface area (Å²) in [7, 11) is -2.48. The van der Waals surface area contributed by atoms with Crippen molar-refractivity contribution >= 4 is 10.0 Å². The average molecular weight is 364 g/mol. The lowest BCUT2D eigenvalue weighted by Crippen LogP contribution is -2.12. The normalized spacial score (nSPS) is 11.5. The van der Waals surface area contributed by atoms with Gasteiger partial charge in [0.25, 0.3) is 0 Å². The van der Waals surface area contributed by atoms with E-state index < -0.39 is 21.9 Å². The molecule has 0 aliphatic heterocycles. The van der Waals surface area contributed by atoms with Gasteiger partial charge in [-0.05, 0) is 42.5 Å². The van der Waals surface area contributed by atoms with E-state index >= 15 is 0 Å². The molecule has 0 amide bonds. The van der Waals surface area contributed by atoms with E-state index in [0.717, 1.165) is 0 Å². The van der Waals surface area contributed by atoms with Gasteiger partial charge in [0.1, 0.15) is 0 Å². The lowest BCUT2D eigenvalue weighted by atomic mass is 10.2. The van der Waals surface area contributed by atoms with Gasteiger partial charge in [-0.3, -0.25) is 0 Å². The zero-order chi connectivity index (χ0) is 18.2. The SMILES string of the molecule is COc1ccc(-c2nc(O)nn2-c2ccc(S(N)(=O)=O)cc2)cc1F. The Kier molecular flexibility index (Phi) is 4.15.